The van der Waals surface area contributed by atoms with Crippen molar-refractivity contribution in [3.05, 3.63) is 29.8 Å². The number of aliphatic hydroxyl groups excluding tert-OH is 1. The number of aliphatic hydroxyl groups is 1. The van der Waals surface area contributed by atoms with Gasteiger partial charge in [0.15, 0.2) is 0 Å². The number of para-hydroxylation sites is 1. The Morgan fingerprint density at radius 2 is 2.23 bits per heavy atom. The predicted molar refractivity (Wildman–Crippen MR) is 49.7 cm³/mol. The molecule has 0 unspecified atom stereocenters. The highest BCUT2D eigenvalue weighted by atomic mass is 16.5. The lowest BCUT2D eigenvalue weighted by molar-refractivity contribution is 0.0577. The second kappa shape index (κ2) is 3.36. The molecule has 1 aliphatic heterocycles. The van der Waals surface area contributed by atoms with Crippen LogP contribution in [0.15, 0.2) is 24.3 Å². The summed E-state index contributed by atoms with van der Waals surface area (Å²) >= 11 is 0. The predicted octanol–water partition coefficient (Wildman–Crippen LogP) is 0.700. The van der Waals surface area contributed by atoms with Crippen LogP contribution >= 0.6 is 0 Å². The molecule has 2 atom stereocenters. The first kappa shape index (κ1) is 8.53. The van der Waals surface area contributed by atoms with Gasteiger partial charge in [0, 0.05) is 5.56 Å². The number of ether oxygens (including phenoxy) is 1. The molecule has 0 fully saturated rings. The number of likely N-dealkylation sites (N-methyl/N-ethyl adjacent to an activating group) is 1. The number of rotatable bonds is 1. The maximum absolute atomic E-state index is 9.63. The third-order valence-corrected chi connectivity index (χ3v) is 2.36. The Bertz CT molecular complexity index is 301. The van der Waals surface area contributed by atoms with Crippen molar-refractivity contribution < 1.29 is 9.84 Å². The first-order valence-electron chi connectivity index (χ1n) is 4.40. The van der Waals surface area contributed by atoms with Gasteiger partial charge in [-0.1, -0.05) is 18.2 Å². The fourth-order valence-corrected chi connectivity index (χ4v) is 1.70. The van der Waals surface area contributed by atoms with Gasteiger partial charge in [-0.05, 0) is 13.1 Å². The van der Waals surface area contributed by atoms with Crippen LogP contribution in [0.3, 0.4) is 0 Å². The van der Waals surface area contributed by atoms with E-state index in [4.69, 9.17) is 4.74 Å². The van der Waals surface area contributed by atoms with E-state index in [1.54, 1.807) is 0 Å². The Kier molecular flexibility index (Phi) is 2.20. The first-order valence-corrected chi connectivity index (χ1v) is 4.40. The second-order valence-corrected chi connectivity index (χ2v) is 3.18. The Morgan fingerprint density at radius 3 is 3.00 bits per heavy atom. The number of nitrogens with one attached hydrogen (secondary N) is 1. The summed E-state index contributed by atoms with van der Waals surface area (Å²) < 4.78 is 5.38. The quantitative estimate of drug-likeness (QED) is 0.666. The summed E-state index contributed by atoms with van der Waals surface area (Å²) in [7, 11) is 1.84. The molecular weight excluding hydrogens is 166 g/mol. The molecule has 3 heteroatoms. The van der Waals surface area contributed by atoms with Crippen LogP contribution in [0.1, 0.15) is 11.6 Å². The van der Waals surface area contributed by atoms with Crippen LogP contribution in [0.25, 0.3) is 0 Å². The molecule has 0 bridgehead atoms. The van der Waals surface area contributed by atoms with Gasteiger partial charge in [-0.2, -0.15) is 0 Å². The van der Waals surface area contributed by atoms with Crippen LogP contribution in [-0.2, 0) is 0 Å². The Balaban J connectivity index is 2.39. The van der Waals surface area contributed by atoms with Crippen LogP contribution in [0.4, 0.5) is 0 Å². The minimum Gasteiger partial charge on any atom is -0.490 e. The summed E-state index contributed by atoms with van der Waals surface area (Å²) in [6.45, 7) is 0.364. The third kappa shape index (κ3) is 1.41. The van der Waals surface area contributed by atoms with E-state index >= 15 is 0 Å². The van der Waals surface area contributed by atoms with Crippen LogP contribution in [0, 0.1) is 0 Å². The van der Waals surface area contributed by atoms with Gasteiger partial charge < -0.3 is 15.2 Å². The molecule has 13 heavy (non-hydrogen) atoms. The zero-order valence-electron chi connectivity index (χ0n) is 7.53. The van der Waals surface area contributed by atoms with Gasteiger partial charge in [-0.3, -0.25) is 0 Å². The monoisotopic (exact) mass is 179 g/mol. The maximum Gasteiger partial charge on any atom is 0.124 e. The topological polar surface area (TPSA) is 41.5 Å². The van der Waals surface area contributed by atoms with Crippen LogP contribution in [-0.4, -0.2) is 24.9 Å². The number of hydrogen-bond acceptors (Lipinski definition) is 3. The largest absolute Gasteiger partial charge is 0.490 e. The van der Waals surface area contributed by atoms with E-state index < -0.39 is 6.10 Å². The van der Waals surface area contributed by atoms with Crippen molar-refractivity contribution in [2.75, 3.05) is 13.7 Å². The molecule has 0 aromatic heterocycles. The Hall–Kier alpha value is -1.06. The molecule has 2 N–H and O–H groups in total. The molecule has 2 rings (SSSR count). The zero-order valence-corrected chi connectivity index (χ0v) is 7.53. The molecule has 1 heterocycles. The SMILES string of the molecule is CN[C@H]1c2ccccc2OC[C@H]1O. The molecule has 0 saturated heterocycles. The molecule has 3 nitrogen and oxygen atoms in total. The van der Waals surface area contributed by atoms with Crippen molar-refractivity contribution in [3.63, 3.8) is 0 Å². The molecule has 0 amide bonds. The van der Waals surface area contributed by atoms with Crippen molar-refractivity contribution in [2.45, 2.75) is 12.1 Å². The smallest absolute Gasteiger partial charge is 0.124 e. The average molecular weight is 179 g/mol. The fourth-order valence-electron chi connectivity index (χ4n) is 1.70. The van der Waals surface area contributed by atoms with E-state index in [-0.39, 0.29) is 6.04 Å². The maximum atomic E-state index is 9.63. The molecule has 1 aromatic carbocycles. The highest BCUT2D eigenvalue weighted by Crippen LogP contribution is 2.31. The van der Waals surface area contributed by atoms with E-state index in [9.17, 15) is 5.11 Å². The highest BCUT2D eigenvalue weighted by molar-refractivity contribution is 5.38. The van der Waals surface area contributed by atoms with E-state index in [2.05, 4.69) is 5.32 Å². The first-order chi connectivity index (χ1) is 6.33. The molecule has 1 aromatic rings. The van der Waals surface area contributed by atoms with E-state index in [1.807, 2.05) is 31.3 Å². The van der Waals surface area contributed by atoms with Crippen molar-refractivity contribution in [1.82, 2.24) is 5.32 Å². The van der Waals surface area contributed by atoms with E-state index in [1.165, 1.54) is 0 Å². The molecule has 70 valence electrons. The minimum absolute atomic E-state index is 0.00931. The average Bonchev–Trinajstić information content (AvgIpc) is 2.18. The summed E-state index contributed by atoms with van der Waals surface area (Å²) in [6, 6.07) is 7.77. The van der Waals surface area contributed by atoms with Crippen molar-refractivity contribution in [1.29, 1.82) is 0 Å². The number of benzene rings is 1. The zero-order chi connectivity index (χ0) is 9.26. The highest BCUT2D eigenvalue weighted by Gasteiger charge is 2.27. The van der Waals surface area contributed by atoms with Gasteiger partial charge in [0.25, 0.3) is 0 Å². The van der Waals surface area contributed by atoms with Crippen LogP contribution < -0.4 is 10.1 Å². The van der Waals surface area contributed by atoms with Crippen molar-refractivity contribution in [3.8, 4) is 5.75 Å². The summed E-state index contributed by atoms with van der Waals surface area (Å²) in [5, 5.41) is 12.7. The van der Waals surface area contributed by atoms with E-state index in [0.29, 0.717) is 6.61 Å². The van der Waals surface area contributed by atoms with Gasteiger partial charge >= 0.3 is 0 Å². The van der Waals surface area contributed by atoms with Gasteiger partial charge in [0.1, 0.15) is 18.5 Å². The standard InChI is InChI=1S/C10H13NO2/c1-11-10-7-4-2-3-5-9(7)13-6-8(10)12/h2-5,8,10-12H,6H2,1H3/t8-,10+/m1/s1. The summed E-state index contributed by atoms with van der Waals surface area (Å²) in [5.41, 5.74) is 1.03. The molecular formula is C10H13NO2. The third-order valence-electron chi connectivity index (χ3n) is 2.36. The summed E-state index contributed by atoms with van der Waals surface area (Å²) in [6.07, 6.45) is -0.458. The molecule has 0 radical (unpaired) electrons. The molecule has 0 spiro atoms. The van der Waals surface area contributed by atoms with Crippen molar-refractivity contribution >= 4 is 0 Å². The summed E-state index contributed by atoms with van der Waals surface area (Å²) in [5.74, 6) is 0.868. The minimum atomic E-state index is -0.458. The van der Waals surface area contributed by atoms with Crippen LogP contribution in [0.2, 0.25) is 0 Å². The lowest BCUT2D eigenvalue weighted by Gasteiger charge is -2.29. The molecule has 1 aliphatic rings. The summed E-state index contributed by atoms with van der Waals surface area (Å²) in [4.78, 5) is 0. The lowest BCUT2D eigenvalue weighted by atomic mass is 9.99. The second-order valence-electron chi connectivity index (χ2n) is 3.18. The van der Waals surface area contributed by atoms with Crippen molar-refractivity contribution in [2.24, 2.45) is 0 Å². The van der Waals surface area contributed by atoms with Gasteiger partial charge in [-0.15, -0.1) is 0 Å². The normalized spacial score (nSPS) is 26.3. The van der Waals surface area contributed by atoms with Gasteiger partial charge in [0.2, 0.25) is 0 Å². The Labute approximate surface area is 77.3 Å². The van der Waals surface area contributed by atoms with Crippen LogP contribution in [0.5, 0.6) is 5.75 Å². The van der Waals surface area contributed by atoms with E-state index in [0.717, 1.165) is 11.3 Å². The molecule has 0 aliphatic carbocycles. The number of hydrogen-bond donors (Lipinski definition) is 2. The fraction of sp³-hybridized carbons (Fsp3) is 0.400. The van der Waals surface area contributed by atoms with Gasteiger partial charge in [-0.25, -0.2) is 0 Å². The lowest BCUT2D eigenvalue weighted by Crippen LogP contribution is -2.37. The van der Waals surface area contributed by atoms with Gasteiger partial charge in [0.05, 0.1) is 6.04 Å². The Morgan fingerprint density at radius 1 is 1.46 bits per heavy atom. The molecule has 0 saturated carbocycles. The number of fused-ring (bicyclic) bond motifs is 1.